The Morgan fingerprint density at radius 3 is 2.51 bits per heavy atom. The second kappa shape index (κ2) is 10.6. The quantitative estimate of drug-likeness (QED) is 0.474. The molecule has 3 aromatic rings. The maximum atomic E-state index is 13.6. The molecule has 4 rings (SSSR count). The van der Waals surface area contributed by atoms with E-state index >= 15 is 0 Å². The molecule has 0 aliphatic carbocycles. The fraction of sp³-hybridized carbons (Fsp3) is 0.222. The molecule has 0 saturated heterocycles. The molecule has 0 fully saturated rings. The minimum Gasteiger partial charge on any atom is -0.493 e. The second-order valence-corrected chi connectivity index (χ2v) is 8.74. The lowest BCUT2D eigenvalue weighted by atomic mass is 10.0. The van der Waals surface area contributed by atoms with E-state index in [1.54, 1.807) is 50.8 Å². The summed E-state index contributed by atoms with van der Waals surface area (Å²) in [6.07, 6.45) is 5.53. The Labute approximate surface area is 206 Å². The lowest BCUT2D eigenvalue weighted by Crippen LogP contribution is -2.38. The van der Waals surface area contributed by atoms with Gasteiger partial charge in [-0.1, -0.05) is 59.9 Å². The van der Waals surface area contributed by atoms with E-state index in [2.05, 4.69) is 4.99 Å². The number of nitrogens with zero attached hydrogens (tertiary/aromatic N) is 2. The number of methoxy groups -OCH3 is 2. The molecule has 0 radical (unpaired) electrons. The van der Waals surface area contributed by atoms with Crippen LogP contribution in [0.15, 0.2) is 75.7 Å². The highest BCUT2D eigenvalue weighted by molar-refractivity contribution is 7.07. The van der Waals surface area contributed by atoms with Gasteiger partial charge < -0.3 is 14.2 Å². The first-order chi connectivity index (χ1) is 17.0. The number of esters is 1. The Morgan fingerprint density at radius 2 is 1.83 bits per heavy atom. The van der Waals surface area contributed by atoms with Crippen LogP contribution in [0, 0.1) is 0 Å². The van der Waals surface area contributed by atoms with Gasteiger partial charge in [-0.05, 0) is 43.2 Å². The van der Waals surface area contributed by atoms with Crippen LogP contribution >= 0.6 is 11.3 Å². The van der Waals surface area contributed by atoms with Crippen molar-refractivity contribution in [3.05, 3.63) is 96.7 Å². The highest BCUT2D eigenvalue weighted by atomic mass is 32.1. The normalized spacial score (nSPS) is 15.7. The third kappa shape index (κ3) is 4.97. The summed E-state index contributed by atoms with van der Waals surface area (Å²) in [5, 5.41) is 0. The van der Waals surface area contributed by atoms with E-state index < -0.39 is 12.0 Å². The second-order valence-electron chi connectivity index (χ2n) is 7.73. The van der Waals surface area contributed by atoms with E-state index in [0.717, 1.165) is 11.1 Å². The summed E-state index contributed by atoms with van der Waals surface area (Å²) >= 11 is 1.27. The Kier molecular flexibility index (Phi) is 7.31. The molecule has 0 unspecified atom stereocenters. The predicted octanol–water partition coefficient (Wildman–Crippen LogP) is 3.48. The van der Waals surface area contributed by atoms with Crippen LogP contribution in [-0.4, -0.2) is 31.4 Å². The fourth-order valence-electron chi connectivity index (χ4n) is 3.88. The number of fused-ring (bicyclic) bond motifs is 1. The van der Waals surface area contributed by atoms with Gasteiger partial charge in [-0.15, -0.1) is 0 Å². The SMILES string of the molecule is CCOC(=O)C1=C(C)N=c2sc(=Cc3ccc(OC)c(OC)c3)c(=O)n2[C@@H]1/C=C\c1ccccc1. The van der Waals surface area contributed by atoms with Crippen molar-refractivity contribution in [2.24, 2.45) is 4.99 Å². The third-order valence-corrected chi connectivity index (χ3v) is 6.52. The zero-order valence-corrected chi connectivity index (χ0v) is 20.8. The van der Waals surface area contributed by atoms with E-state index in [0.29, 0.717) is 32.1 Å². The van der Waals surface area contributed by atoms with Crippen molar-refractivity contribution in [2.45, 2.75) is 19.9 Å². The first-order valence-corrected chi connectivity index (χ1v) is 11.9. The van der Waals surface area contributed by atoms with Crippen molar-refractivity contribution in [2.75, 3.05) is 20.8 Å². The average Bonchev–Trinajstić information content (AvgIpc) is 3.17. The third-order valence-electron chi connectivity index (χ3n) is 5.54. The Balaban J connectivity index is 1.86. The van der Waals surface area contributed by atoms with Gasteiger partial charge in [0, 0.05) is 0 Å². The molecule has 2 heterocycles. The van der Waals surface area contributed by atoms with E-state index in [1.807, 2.05) is 48.6 Å². The molecule has 8 heteroatoms. The van der Waals surface area contributed by atoms with Gasteiger partial charge in [0.25, 0.3) is 5.56 Å². The Morgan fingerprint density at radius 1 is 1.09 bits per heavy atom. The number of ether oxygens (including phenoxy) is 3. The summed E-state index contributed by atoms with van der Waals surface area (Å²) in [4.78, 5) is 31.5. The first kappa shape index (κ1) is 24.2. The van der Waals surface area contributed by atoms with Gasteiger partial charge in [-0.3, -0.25) is 9.36 Å². The van der Waals surface area contributed by atoms with E-state index in [-0.39, 0.29) is 12.2 Å². The van der Waals surface area contributed by atoms with Crippen LogP contribution in [0.5, 0.6) is 11.5 Å². The Hall–Kier alpha value is -3.91. The standard InChI is InChI=1S/C27H26N2O5S/c1-5-34-26(31)24-17(2)28-27-29(20(24)13-11-18-9-7-6-8-10-18)25(30)23(35-27)16-19-12-14-21(32-3)22(15-19)33-4/h6-16,20H,5H2,1-4H3/b13-11-,23-16?/t20-/m1/s1. The Bertz CT molecular complexity index is 1480. The molecule has 1 aliphatic heterocycles. The summed E-state index contributed by atoms with van der Waals surface area (Å²) < 4.78 is 18.0. The average molecular weight is 491 g/mol. The minimum atomic E-state index is -0.641. The fourth-order valence-corrected chi connectivity index (χ4v) is 4.93. The minimum absolute atomic E-state index is 0.231. The van der Waals surface area contributed by atoms with Crippen molar-refractivity contribution in [1.29, 1.82) is 0 Å². The molecule has 7 nitrogen and oxygen atoms in total. The number of allylic oxidation sites excluding steroid dienone is 2. The van der Waals surface area contributed by atoms with Crippen molar-refractivity contribution in [1.82, 2.24) is 4.57 Å². The van der Waals surface area contributed by atoms with Crippen LogP contribution in [0.3, 0.4) is 0 Å². The summed E-state index contributed by atoms with van der Waals surface area (Å²) in [6.45, 7) is 3.75. The molecule has 1 aromatic heterocycles. The number of thiazole rings is 1. The zero-order chi connectivity index (χ0) is 24.9. The first-order valence-electron chi connectivity index (χ1n) is 11.1. The molecule has 2 aromatic carbocycles. The number of benzene rings is 2. The van der Waals surface area contributed by atoms with E-state index in [4.69, 9.17) is 14.2 Å². The number of aromatic nitrogens is 1. The topological polar surface area (TPSA) is 79.1 Å². The van der Waals surface area contributed by atoms with Crippen LogP contribution in [0.4, 0.5) is 0 Å². The van der Waals surface area contributed by atoms with Gasteiger partial charge >= 0.3 is 5.97 Å². The number of hydrogen-bond acceptors (Lipinski definition) is 7. The monoisotopic (exact) mass is 490 g/mol. The summed E-state index contributed by atoms with van der Waals surface area (Å²) in [6, 6.07) is 14.5. The number of carbonyl (C=O) groups is 1. The van der Waals surface area contributed by atoms with Crippen LogP contribution < -0.4 is 24.4 Å². The largest absolute Gasteiger partial charge is 0.493 e. The molecule has 180 valence electrons. The number of carbonyl (C=O) groups excluding carboxylic acids is 1. The van der Waals surface area contributed by atoms with Gasteiger partial charge in [0.05, 0.1) is 42.7 Å². The molecule has 0 amide bonds. The van der Waals surface area contributed by atoms with Gasteiger partial charge in [0.2, 0.25) is 0 Å². The highest BCUT2D eigenvalue weighted by Gasteiger charge is 2.30. The van der Waals surface area contributed by atoms with Gasteiger partial charge in [-0.25, -0.2) is 9.79 Å². The summed E-state index contributed by atoms with van der Waals surface area (Å²) in [5.41, 5.74) is 2.39. The van der Waals surface area contributed by atoms with Crippen molar-refractivity contribution in [3.8, 4) is 11.5 Å². The molecular weight excluding hydrogens is 464 g/mol. The van der Waals surface area contributed by atoms with Crippen LogP contribution in [-0.2, 0) is 9.53 Å². The van der Waals surface area contributed by atoms with Crippen molar-refractivity contribution >= 4 is 29.5 Å². The van der Waals surface area contributed by atoms with Crippen LogP contribution in [0.2, 0.25) is 0 Å². The lowest BCUT2D eigenvalue weighted by molar-refractivity contribution is -0.139. The zero-order valence-electron chi connectivity index (χ0n) is 20.0. The van der Waals surface area contributed by atoms with E-state index in [9.17, 15) is 9.59 Å². The molecular formula is C27H26N2O5S. The molecule has 0 N–H and O–H groups in total. The smallest absolute Gasteiger partial charge is 0.338 e. The lowest BCUT2D eigenvalue weighted by Gasteiger charge is -2.21. The molecule has 35 heavy (non-hydrogen) atoms. The maximum Gasteiger partial charge on any atom is 0.338 e. The van der Waals surface area contributed by atoms with Crippen molar-refractivity contribution in [3.63, 3.8) is 0 Å². The van der Waals surface area contributed by atoms with E-state index in [1.165, 1.54) is 11.3 Å². The number of hydrogen-bond donors (Lipinski definition) is 0. The number of rotatable bonds is 7. The van der Waals surface area contributed by atoms with Crippen molar-refractivity contribution < 1.29 is 19.0 Å². The van der Waals surface area contributed by atoms with Gasteiger partial charge in [-0.2, -0.15) is 0 Å². The highest BCUT2D eigenvalue weighted by Crippen LogP contribution is 2.28. The summed E-state index contributed by atoms with van der Waals surface area (Å²) in [5.74, 6) is 0.690. The predicted molar refractivity (Wildman–Crippen MR) is 136 cm³/mol. The molecule has 0 bridgehead atoms. The van der Waals surface area contributed by atoms with Crippen LogP contribution in [0.1, 0.15) is 31.0 Å². The van der Waals surface area contributed by atoms with Gasteiger partial charge in [0.15, 0.2) is 16.3 Å². The van der Waals surface area contributed by atoms with Crippen LogP contribution in [0.25, 0.3) is 12.2 Å². The molecule has 0 spiro atoms. The molecule has 0 saturated carbocycles. The summed E-state index contributed by atoms with van der Waals surface area (Å²) in [7, 11) is 3.14. The molecule has 1 aliphatic rings. The maximum absolute atomic E-state index is 13.6. The van der Waals surface area contributed by atoms with Gasteiger partial charge in [0.1, 0.15) is 0 Å². The molecule has 1 atom stereocenters.